The smallest absolute Gasteiger partial charge is 0.242 e. The molecule has 4 nitrogen and oxygen atoms in total. The average Bonchev–Trinajstić information content (AvgIpc) is 2.45. The first-order valence-electron chi connectivity index (χ1n) is 3.95. The van der Waals surface area contributed by atoms with Gasteiger partial charge in [-0.05, 0) is 44.8 Å². The Hall–Kier alpha value is 0.530. The molecule has 0 saturated carbocycles. The molecule has 1 rings (SSSR count). The van der Waals surface area contributed by atoms with Crippen LogP contribution in [0.25, 0.3) is 0 Å². The van der Waals surface area contributed by atoms with Crippen molar-refractivity contribution in [1.29, 1.82) is 0 Å². The van der Waals surface area contributed by atoms with Crippen molar-refractivity contribution in [1.82, 2.24) is 4.72 Å². The monoisotopic (exact) mass is 377 g/mol. The van der Waals surface area contributed by atoms with Gasteiger partial charge in [0.1, 0.15) is 4.90 Å². The third-order valence-electron chi connectivity index (χ3n) is 1.55. The Morgan fingerprint density at radius 2 is 2.20 bits per heavy atom. The van der Waals surface area contributed by atoms with E-state index < -0.39 is 16.1 Å². The molecule has 0 aliphatic heterocycles. The maximum absolute atomic E-state index is 11.8. The average molecular weight is 379 g/mol. The van der Waals surface area contributed by atoms with Gasteiger partial charge in [-0.1, -0.05) is 0 Å². The van der Waals surface area contributed by atoms with Crippen molar-refractivity contribution in [2.75, 3.05) is 6.61 Å². The molecule has 1 atom stereocenters. The Balaban J connectivity index is 3.01. The summed E-state index contributed by atoms with van der Waals surface area (Å²) in [6, 6.07) is 1.02. The molecule has 0 bridgehead atoms. The highest BCUT2D eigenvalue weighted by molar-refractivity contribution is 9.12. The normalized spacial score (nSPS) is 14.1. The Morgan fingerprint density at radius 1 is 1.60 bits per heavy atom. The van der Waals surface area contributed by atoms with Crippen LogP contribution in [0.4, 0.5) is 0 Å². The lowest BCUT2D eigenvalue weighted by atomic mass is 10.4. The standard InChI is InChI=1S/C7H9Br2NO3S2/c1-4(3-11)10-15(12,13)5-2-6(8)14-7(5)9/h2,4,10-11H,3H2,1H3/t4-/m1/s1. The lowest BCUT2D eigenvalue weighted by Gasteiger charge is -2.10. The van der Waals surface area contributed by atoms with Crippen molar-refractivity contribution >= 4 is 53.2 Å². The van der Waals surface area contributed by atoms with E-state index in [1.165, 1.54) is 17.4 Å². The molecule has 1 aromatic heterocycles. The molecule has 8 heteroatoms. The Kier molecular flexibility index (Phi) is 4.75. The van der Waals surface area contributed by atoms with Gasteiger partial charge in [0.15, 0.2) is 0 Å². The molecule has 2 N–H and O–H groups in total. The fourth-order valence-electron chi connectivity index (χ4n) is 0.874. The minimum atomic E-state index is -3.56. The molecule has 0 radical (unpaired) electrons. The molecule has 86 valence electrons. The molecular formula is C7H9Br2NO3S2. The van der Waals surface area contributed by atoms with Crippen LogP contribution in [-0.4, -0.2) is 26.2 Å². The van der Waals surface area contributed by atoms with E-state index in [4.69, 9.17) is 5.11 Å². The van der Waals surface area contributed by atoms with Gasteiger partial charge in [0.25, 0.3) is 0 Å². The van der Waals surface area contributed by atoms with Gasteiger partial charge in [-0.25, -0.2) is 13.1 Å². The van der Waals surface area contributed by atoms with Gasteiger partial charge < -0.3 is 5.11 Å². The zero-order valence-electron chi connectivity index (χ0n) is 7.70. The molecule has 0 unspecified atom stereocenters. The second-order valence-corrected chi connectivity index (χ2v) is 8.33. The highest BCUT2D eigenvalue weighted by Crippen LogP contribution is 2.34. The minimum absolute atomic E-state index is 0.180. The van der Waals surface area contributed by atoms with E-state index in [2.05, 4.69) is 36.6 Å². The summed E-state index contributed by atoms with van der Waals surface area (Å²) in [5, 5.41) is 8.77. The largest absolute Gasteiger partial charge is 0.395 e. The van der Waals surface area contributed by atoms with E-state index in [1.807, 2.05) is 0 Å². The molecule has 0 spiro atoms. The predicted octanol–water partition coefficient (Wildman–Crippen LogP) is 1.93. The van der Waals surface area contributed by atoms with Gasteiger partial charge in [-0.15, -0.1) is 11.3 Å². The van der Waals surface area contributed by atoms with Crippen LogP contribution in [0.15, 0.2) is 18.5 Å². The Labute approximate surface area is 109 Å². The number of nitrogens with one attached hydrogen (secondary N) is 1. The summed E-state index contributed by atoms with van der Waals surface area (Å²) >= 11 is 7.66. The summed E-state index contributed by atoms with van der Waals surface area (Å²) in [4.78, 5) is 0.180. The number of aliphatic hydroxyl groups is 1. The highest BCUT2D eigenvalue weighted by atomic mass is 79.9. The van der Waals surface area contributed by atoms with E-state index >= 15 is 0 Å². The van der Waals surface area contributed by atoms with Crippen molar-refractivity contribution in [3.63, 3.8) is 0 Å². The van der Waals surface area contributed by atoms with E-state index in [0.29, 0.717) is 3.79 Å². The molecule has 15 heavy (non-hydrogen) atoms. The number of aliphatic hydroxyl groups excluding tert-OH is 1. The minimum Gasteiger partial charge on any atom is -0.395 e. The van der Waals surface area contributed by atoms with Gasteiger partial charge in [0, 0.05) is 6.04 Å². The maximum atomic E-state index is 11.8. The number of hydrogen-bond donors (Lipinski definition) is 2. The van der Waals surface area contributed by atoms with Crippen LogP contribution in [0.2, 0.25) is 0 Å². The van der Waals surface area contributed by atoms with E-state index in [-0.39, 0.29) is 11.5 Å². The number of thiophene rings is 1. The van der Waals surface area contributed by atoms with E-state index in [1.54, 1.807) is 6.92 Å². The quantitative estimate of drug-likeness (QED) is 0.841. The number of halogens is 2. The van der Waals surface area contributed by atoms with Crippen molar-refractivity contribution in [3.8, 4) is 0 Å². The van der Waals surface area contributed by atoms with Crippen LogP contribution < -0.4 is 4.72 Å². The lowest BCUT2D eigenvalue weighted by molar-refractivity contribution is 0.265. The summed E-state index contributed by atoms with van der Waals surface area (Å²) in [5.41, 5.74) is 0. The first-order chi connectivity index (χ1) is 6.86. The molecule has 0 aliphatic rings. The predicted molar refractivity (Wildman–Crippen MR) is 66.6 cm³/mol. The van der Waals surface area contributed by atoms with Crippen molar-refractivity contribution in [3.05, 3.63) is 13.6 Å². The Bertz CT molecular complexity index is 443. The second-order valence-electron chi connectivity index (χ2n) is 2.89. The molecule has 0 aliphatic carbocycles. The zero-order valence-corrected chi connectivity index (χ0v) is 12.5. The van der Waals surface area contributed by atoms with E-state index in [0.717, 1.165) is 3.79 Å². The molecule has 0 saturated heterocycles. The van der Waals surface area contributed by atoms with Crippen molar-refractivity contribution in [2.45, 2.75) is 17.9 Å². The van der Waals surface area contributed by atoms with Gasteiger partial charge in [-0.2, -0.15) is 0 Å². The van der Waals surface area contributed by atoms with Crippen LogP contribution in [0, 0.1) is 0 Å². The number of sulfonamides is 1. The van der Waals surface area contributed by atoms with Gasteiger partial charge >= 0.3 is 0 Å². The first kappa shape index (κ1) is 13.6. The molecule has 0 aromatic carbocycles. The summed E-state index contributed by atoms with van der Waals surface area (Å²) in [6.45, 7) is 1.36. The van der Waals surface area contributed by atoms with Crippen LogP contribution in [-0.2, 0) is 10.0 Å². The fraction of sp³-hybridized carbons (Fsp3) is 0.429. The molecule has 1 aromatic rings. The molecular weight excluding hydrogens is 370 g/mol. The van der Waals surface area contributed by atoms with Crippen LogP contribution in [0.3, 0.4) is 0 Å². The third-order valence-corrected chi connectivity index (χ3v) is 5.89. The maximum Gasteiger partial charge on any atom is 0.242 e. The summed E-state index contributed by atoms with van der Waals surface area (Å²) in [5.74, 6) is 0. The fourth-order valence-corrected chi connectivity index (χ4v) is 5.92. The van der Waals surface area contributed by atoms with Crippen LogP contribution in [0.5, 0.6) is 0 Å². The SMILES string of the molecule is C[C@H](CO)NS(=O)(=O)c1cc(Br)sc1Br. The Morgan fingerprint density at radius 3 is 2.60 bits per heavy atom. The highest BCUT2D eigenvalue weighted by Gasteiger charge is 2.22. The van der Waals surface area contributed by atoms with Crippen molar-refractivity contribution in [2.24, 2.45) is 0 Å². The summed E-state index contributed by atoms with van der Waals surface area (Å²) in [6.07, 6.45) is 0. The first-order valence-corrected chi connectivity index (χ1v) is 7.83. The molecule has 0 amide bonds. The topological polar surface area (TPSA) is 66.4 Å². The third kappa shape index (κ3) is 3.50. The van der Waals surface area contributed by atoms with Gasteiger partial charge in [0.05, 0.1) is 14.2 Å². The second kappa shape index (κ2) is 5.24. The van der Waals surface area contributed by atoms with Gasteiger partial charge in [-0.3, -0.25) is 0 Å². The number of rotatable bonds is 4. The summed E-state index contributed by atoms with van der Waals surface area (Å²) in [7, 11) is -3.56. The molecule has 0 fully saturated rings. The lowest BCUT2D eigenvalue weighted by Crippen LogP contribution is -2.34. The zero-order chi connectivity index (χ0) is 11.6. The molecule has 1 heterocycles. The van der Waals surface area contributed by atoms with Gasteiger partial charge in [0.2, 0.25) is 10.0 Å². The number of hydrogen-bond acceptors (Lipinski definition) is 4. The van der Waals surface area contributed by atoms with E-state index in [9.17, 15) is 8.42 Å². The van der Waals surface area contributed by atoms with Crippen LogP contribution >= 0.6 is 43.2 Å². The van der Waals surface area contributed by atoms with Crippen LogP contribution in [0.1, 0.15) is 6.92 Å². The summed E-state index contributed by atoms with van der Waals surface area (Å²) < 4.78 is 27.2. The van der Waals surface area contributed by atoms with Crippen molar-refractivity contribution < 1.29 is 13.5 Å².